The number of hydrogen-bond acceptors (Lipinski definition) is 10. The fraction of sp³-hybridized carbons (Fsp3) is 0.829. The molecule has 0 radical (unpaired) electrons. The van der Waals surface area contributed by atoms with Gasteiger partial charge in [-0.25, -0.2) is 15.6 Å². The Morgan fingerprint density at radius 2 is 1.43 bits per heavy atom. The van der Waals surface area contributed by atoms with E-state index in [4.69, 9.17) is 16.3 Å². The molecule has 4 aliphatic heterocycles. The van der Waals surface area contributed by atoms with Crippen LogP contribution < -0.4 is 16.2 Å². The number of carbonyl (C=O) groups excluding carboxylic acids is 6. The number of ether oxygens (including phenoxy) is 1. The molecular formula is C35H58ClN7O8. The van der Waals surface area contributed by atoms with Crippen LogP contribution in [-0.2, 0) is 33.5 Å². The van der Waals surface area contributed by atoms with Crippen molar-refractivity contribution in [3.63, 3.8) is 0 Å². The number of carbonyl (C=O) groups is 6. The number of β-amino-alcohol motifs (C(OH)–C–C–N with tert-alkyl or cyclic N) is 1. The average molecular weight is 740 g/mol. The SMILES string of the molecule is CCC(C)[C@@H]1OC(=O)[C@@H](C(C)CC)NC(=O)[C@@H]2C[C@@H](C)CN2C(=O)[C@@H](CC(C)C)N(C)C(=O)[C@@H]2C[C@H](O)CNN2C(=O)[C@H]2C[C@H](Cl)CNN2C1=O. The monoisotopic (exact) mass is 739 g/mol. The quantitative estimate of drug-likeness (QED) is 0.225. The van der Waals surface area contributed by atoms with Gasteiger partial charge in [-0.3, -0.25) is 34.0 Å². The van der Waals surface area contributed by atoms with Crippen molar-refractivity contribution in [1.82, 2.24) is 36.0 Å². The molecular weight excluding hydrogens is 682 g/mol. The van der Waals surface area contributed by atoms with Crippen LogP contribution in [0.15, 0.2) is 0 Å². The number of hydrogen-bond donors (Lipinski definition) is 4. The van der Waals surface area contributed by atoms with Gasteiger partial charge in [0.05, 0.1) is 11.5 Å². The lowest BCUT2D eigenvalue weighted by Gasteiger charge is -2.45. The van der Waals surface area contributed by atoms with E-state index in [1.165, 1.54) is 16.8 Å². The number of aliphatic hydroxyl groups excluding tert-OH is 1. The highest BCUT2D eigenvalue weighted by Gasteiger charge is 2.49. The summed E-state index contributed by atoms with van der Waals surface area (Å²) in [5, 5.41) is 15.3. The Labute approximate surface area is 306 Å². The van der Waals surface area contributed by atoms with Gasteiger partial charge in [0.1, 0.15) is 30.2 Å². The van der Waals surface area contributed by atoms with Crippen molar-refractivity contribution in [3.8, 4) is 0 Å². The molecule has 11 atom stereocenters. The van der Waals surface area contributed by atoms with E-state index in [1.54, 1.807) is 13.8 Å². The summed E-state index contributed by atoms with van der Waals surface area (Å²) in [4.78, 5) is 88.7. The zero-order valence-corrected chi connectivity index (χ0v) is 32.0. The maximum atomic E-state index is 14.5. The Kier molecular flexibility index (Phi) is 13.8. The molecule has 51 heavy (non-hydrogen) atoms. The highest BCUT2D eigenvalue weighted by Crippen LogP contribution is 2.29. The fourth-order valence-electron chi connectivity index (χ4n) is 7.41. The first kappa shape index (κ1) is 40.8. The molecule has 5 amide bonds. The summed E-state index contributed by atoms with van der Waals surface area (Å²) in [7, 11) is 1.50. The Morgan fingerprint density at radius 1 is 0.824 bits per heavy atom. The van der Waals surface area contributed by atoms with Gasteiger partial charge in [-0.15, -0.1) is 11.6 Å². The molecule has 2 unspecified atom stereocenters. The molecule has 0 aromatic carbocycles. The molecule has 4 fully saturated rings. The van der Waals surface area contributed by atoms with E-state index in [9.17, 15) is 33.9 Å². The zero-order chi connectivity index (χ0) is 37.9. The van der Waals surface area contributed by atoms with Crippen molar-refractivity contribution in [3.05, 3.63) is 0 Å². The van der Waals surface area contributed by atoms with Gasteiger partial charge in [0.15, 0.2) is 6.10 Å². The molecule has 288 valence electrons. The van der Waals surface area contributed by atoms with E-state index in [0.717, 1.165) is 10.0 Å². The number of rotatable bonds is 6. The largest absolute Gasteiger partial charge is 0.450 e. The third-order valence-electron chi connectivity index (χ3n) is 10.9. The van der Waals surface area contributed by atoms with Crippen LogP contribution in [0.2, 0.25) is 0 Å². The molecule has 0 saturated carbocycles. The first-order chi connectivity index (χ1) is 24.0. The standard InChI is InChI=1S/C35H58ClN7O8/c1-9-20(6)28-35(50)51-29(21(7)10-2)34(49)43-26(13-22(36)15-37-43)33(48)42-27(14-23(44)16-38-42)31(46)40(8)25(11-18(3)4)32(47)41-17-19(5)12-24(41)30(45)39-28/h18-29,37-38,44H,9-17H2,1-8H3,(H,39,45)/t19-,20?,21?,22+,23+,24+,25-,26-,27+,28-,29+/m1/s1. The number of amides is 5. The van der Waals surface area contributed by atoms with Crippen LogP contribution in [0.3, 0.4) is 0 Å². The van der Waals surface area contributed by atoms with Crippen LogP contribution in [0.1, 0.15) is 87.0 Å². The summed E-state index contributed by atoms with van der Waals surface area (Å²) in [6.45, 7) is 13.5. The molecule has 0 aromatic heterocycles. The second-order valence-electron chi connectivity index (χ2n) is 15.5. The second-order valence-corrected chi connectivity index (χ2v) is 16.1. The molecule has 4 saturated heterocycles. The van der Waals surface area contributed by atoms with E-state index in [-0.39, 0.29) is 56.7 Å². The summed E-state index contributed by atoms with van der Waals surface area (Å²) in [6, 6.07) is -5.44. The van der Waals surface area contributed by atoms with E-state index in [1.807, 2.05) is 34.6 Å². The Bertz CT molecular complexity index is 1320. The van der Waals surface area contributed by atoms with Crippen LogP contribution in [0.25, 0.3) is 0 Å². The number of hydrazine groups is 2. The fourth-order valence-corrected chi connectivity index (χ4v) is 7.65. The van der Waals surface area contributed by atoms with Crippen molar-refractivity contribution in [2.45, 2.75) is 135 Å². The Balaban J connectivity index is 1.86. The average Bonchev–Trinajstić information content (AvgIpc) is 3.50. The third-order valence-corrected chi connectivity index (χ3v) is 11.3. The van der Waals surface area contributed by atoms with Crippen molar-refractivity contribution < 1.29 is 38.6 Å². The van der Waals surface area contributed by atoms with Gasteiger partial charge >= 0.3 is 5.97 Å². The molecule has 0 bridgehead atoms. The topological polar surface area (TPSA) is 181 Å². The number of halogens is 1. The van der Waals surface area contributed by atoms with E-state index in [2.05, 4.69) is 16.2 Å². The lowest BCUT2D eigenvalue weighted by Crippen LogP contribution is -2.70. The van der Waals surface area contributed by atoms with Gasteiger partial charge in [-0.1, -0.05) is 54.9 Å². The number of nitrogens with one attached hydrogen (secondary N) is 3. The van der Waals surface area contributed by atoms with Crippen molar-refractivity contribution in [1.29, 1.82) is 0 Å². The van der Waals surface area contributed by atoms with Crippen LogP contribution in [-0.4, -0.2) is 135 Å². The van der Waals surface area contributed by atoms with Crippen molar-refractivity contribution in [2.24, 2.45) is 23.7 Å². The second kappa shape index (κ2) is 17.2. The van der Waals surface area contributed by atoms with Crippen LogP contribution in [0.5, 0.6) is 0 Å². The minimum absolute atomic E-state index is 0.0243. The minimum atomic E-state index is -1.32. The number of fused-ring (bicyclic) bond motifs is 3. The molecule has 4 rings (SSSR count). The first-order valence-corrected chi connectivity index (χ1v) is 19.0. The number of likely N-dealkylation sites (N-methyl/N-ethyl adjacent to an activating group) is 1. The molecule has 0 aromatic rings. The van der Waals surface area contributed by atoms with Gasteiger partial charge in [-0.2, -0.15) is 0 Å². The number of alkyl halides is 1. The summed E-state index contributed by atoms with van der Waals surface area (Å²) >= 11 is 6.54. The molecule has 16 heteroatoms. The van der Waals surface area contributed by atoms with Gasteiger partial charge < -0.3 is 25.0 Å². The normalized spacial score (nSPS) is 34.7. The number of cyclic esters (lactones) is 1. The minimum Gasteiger partial charge on any atom is -0.450 e. The summed E-state index contributed by atoms with van der Waals surface area (Å²) < 4.78 is 5.99. The molecule has 4 N–H and O–H groups in total. The summed E-state index contributed by atoms with van der Waals surface area (Å²) in [5.41, 5.74) is 5.85. The molecule has 4 heterocycles. The predicted molar refractivity (Wildman–Crippen MR) is 188 cm³/mol. The smallest absolute Gasteiger partial charge is 0.329 e. The van der Waals surface area contributed by atoms with Gasteiger partial charge in [0, 0.05) is 39.0 Å². The van der Waals surface area contributed by atoms with E-state index >= 15 is 0 Å². The predicted octanol–water partition coefficient (Wildman–Crippen LogP) is 0.778. The molecule has 4 aliphatic rings. The maximum absolute atomic E-state index is 14.5. The summed E-state index contributed by atoms with van der Waals surface area (Å²) in [5.74, 6) is -4.50. The van der Waals surface area contributed by atoms with Crippen molar-refractivity contribution >= 4 is 47.1 Å². The molecule has 0 spiro atoms. The lowest BCUT2D eigenvalue weighted by atomic mass is 9.96. The Morgan fingerprint density at radius 3 is 2.06 bits per heavy atom. The maximum Gasteiger partial charge on any atom is 0.329 e. The van der Waals surface area contributed by atoms with Crippen molar-refractivity contribution in [2.75, 3.05) is 26.7 Å². The van der Waals surface area contributed by atoms with Crippen LogP contribution in [0, 0.1) is 23.7 Å². The number of esters is 1. The third kappa shape index (κ3) is 8.97. The van der Waals surface area contributed by atoms with E-state index in [0.29, 0.717) is 19.3 Å². The highest BCUT2D eigenvalue weighted by molar-refractivity contribution is 6.21. The molecule has 0 aliphatic carbocycles. The molecule has 15 nitrogen and oxygen atoms in total. The highest BCUT2D eigenvalue weighted by atomic mass is 35.5. The van der Waals surface area contributed by atoms with Crippen LogP contribution >= 0.6 is 11.6 Å². The van der Waals surface area contributed by atoms with Gasteiger partial charge in [0.25, 0.3) is 11.8 Å². The first-order valence-electron chi connectivity index (χ1n) is 18.5. The zero-order valence-electron chi connectivity index (χ0n) is 31.3. The number of aliphatic hydroxyl groups is 1. The van der Waals surface area contributed by atoms with Gasteiger partial charge in [0.2, 0.25) is 17.7 Å². The van der Waals surface area contributed by atoms with E-state index < -0.39 is 89.2 Å². The lowest BCUT2D eigenvalue weighted by molar-refractivity contribution is -0.175. The Hall–Kier alpha value is -3.01. The summed E-state index contributed by atoms with van der Waals surface area (Å²) in [6.07, 6.45) is -0.779. The number of nitrogens with zero attached hydrogens (tertiary/aromatic N) is 4. The van der Waals surface area contributed by atoms with Gasteiger partial charge in [-0.05, 0) is 43.4 Å². The van der Waals surface area contributed by atoms with Crippen LogP contribution in [0.4, 0.5) is 0 Å².